The fraction of sp³-hybridized carbons (Fsp3) is 0.889. The zero-order chi connectivity index (χ0) is 7.23. The molecule has 1 aliphatic rings. The first-order chi connectivity index (χ1) is 4.93. The zero-order valence-electron chi connectivity index (χ0n) is 7.01. The van der Waals surface area contributed by atoms with Crippen molar-refractivity contribution in [2.45, 2.75) is 44.9 Å². The minimum atomic E-state index is 0. The molecular weight excluding hydrogens is 140 g/mol. The van der Waals surface area contributed by atoms with Gasteiger partial charge in [0.25, 0.3) is 0 Å². The van der Waals surface area contributed by atoms with Gasteiger partial charge in [-0.15, -0.1) is 0 Å². The molecule has 0 saturated heterocycles. The summed E-state index contributed by atoms with van der Waals surface area (Å²) in [6.07, 6.45) is 10.0. The molecule has 1 fully saturated rings. The van der Waals surface area contributed by atoms with Crippen molar-refractivity contribution in [3.63, 3.8) is 0 Å². The van der Waals surface area contributed by atoms with Gasteiger partial charge < -0.3 is 10.3 Å². The lowest BCUT2D eigenvalue weighted by Crippen LogP contribution is -2.04. The molecule has 0 amide bonds. The van der Waals surface area contributed by atoms with E-state index >= 15 is 0 Å². The van der Waals surface area contributed by atoms with Gasteiger partial charge in [0.1, 0.15) is 6.29 Å². The van der Waals surface area contributed by atoms with E-state index in [9.17, 15) is 4.79 Å². The van der Waals surface area contributed by atoms with Crippen molar-refractivity contribution in [1.82, 2.24) is 0 Å². The molecule has 2 nitrogen and oxygen atoms in total. The molecule has 0 aliphatic heterocycles. The lowest BCUT2D eigenvalue weighted by atomic mass is 9.92. The van der Waals surface area contributed by atoms with Crippen molar-refractivity contribution in [1.29, 1.82) is 0 Å². The van der Waals surface area contributed by atoms with Crippen LogP contribution in [-0.4, -0.2) is 11.8 Å². The fourth-order valence-electron chi connectivity index (χ4n) is 1.62. The van der Waals surface area contributed by atoms with Crippen LogP contribution >= 0.6 is 0 Å². The first kappa shape index (κ1) is 10.6. The summed E-state index contributed by atoms with van der Waals surface area (Å²) in [6.45, 7) is 0. The Morgan fingerprint density at radius 1 is 0.909 bits per heavy atom. The molecule has 0 radical (unpaired) electrons. The zero-order valence-corrected chi connectivity index (χ0v) is 7.01. The summed E-state index contributed by atoms with van der Waals surface area (Å²) in [5.74, 6) is 0.389. The molecule has 0 unspecified atom stereocenters. The average molecular weight is 158 g/mol. The van der Waals surface area contributed by atoms with Crippen molar-refractivity contribution in [2.24, 2.45) is 5.92 Å². The third kappa shape index (κ3) is 4.14. The summed E-state index contributed by atoms with van der Waals surface area (Å²) in [6, 6.07) is 0. The molecule has 0 spiro atoms. The van der Waals surface area contributed by atoms with Gasteiger partial charge in [-0.2, -0.15) is 0 Å². The predicted octanol–water partition coefficient (Wildman–Crippen LogP) is 1.72. The van der Waals surface area contributed by atoms with E-state index in [1.807, 2.05) is 0 Å². The normalized spacial score (nSPS) is 21.1. The van der Waals surface area contributed by atoms with Gasteiger partial charge in [-0.1, -0.05) is 32.1 Å². The molecule has 1 saturated carbocycles. The molecule has 0 aromatic heterocycles. The second kappa shape index (κ2) is 6.35. The number of hydrogen-bond acceptors (Lipinski definition) is 1. The van der Waals surface area contributed by atoms with Gasteiger partial charge in [0.05, 0.1) is 0 Å². The quantitative estimate of drug-likeness (QED) is 0.536. The lowest BCUT2D eigenvalue weighted by Gasteiger charge is -2.12. The Morgan fingerprint density at radius 2 is 1.36 bits per heavy atom. The molecule has 11 heavy (non-hydrogen) atoms. The van der Waals surface area contributed by atoms with E-state index in [2.05, 4.69) is 0 Å². The van der Waals surface area contributed by atoms with Crippen LogP contribution in [0.1, 0.15) is 44.9 Å². The number of rotatable bonds is 1. The minimum Gasteiger partial charge on any atom is -0.412 e. The summed E-state index contributed by atoms with van der Waals surface area (Å²) in [4.78, 5) is 10.4. The molecule has 1 rings (SSSR count). The summed E-state index contributed by atoms with van der Waals surface area (Å²) < 4.78 is 0. The topological polar surface area (TPSA) is 48.6 Å². The fourth-order valence-corrected chi connectivity index (χ4v) is 1.62. The number of carbonyl (C=O) groups is 1. The van der Waals surface area contributed by atoms with E-state index in [-0.39, 0.29) is 5.48 Å². The first-order valence-electron chi connectivity index (χ1n) is 4.39. The van der Waals surface area contributed by atoms with Crippen LogP contribution in [0.2, 0.25) is 0 Å². The van der Waals surface area contributed by atoms with E-state index in [0.717, 1.165) is 19.1 Å². The van der Waals surface area contributed by atoms with Crippen molar-refractivity contribution in [3.05, 3.63) is 0 Å². The van der Waals surface area contributed by atoms with Crippen LogP contribution in [0.5, 0.6) is 0 Å². The van der Waals surface area contributed by atoms with E-state index < -0.39 is 0 Å². The second-order valence-electron chi connectivity index (χ2n) is 3.24. The Kier molecular flexibility index (Phi) is 6.13. The monoisotopic (exact) mass is 158 g/mol. The largest absolute Gasteiger partial charge is 0.412 e. The van der Waals surface area contributed by atoms with Crippen LogP contribution in [-0.2, 0) is 4.79 Å². The third-order valence-corrected chi connectivity index (χ3v) is 2.34. The molecule has 0 aromatic rings. The molecule has 0 bridgehead atoms. The maximum Gasteiger partial charge on any atom is 0.123 e. The first-order valence-corrected chi connectivity index (χ1v) is 4.39. The highest BCUT2D eigenvalue weighted by Crippen LogP contribution is 2.20. The number of carbonyl (C=O) groups excluding carboxylic acids is 1. The summed E-state index contributed by atoms with van der Waals surface area (Å²) in [7, 11) is 0. The summed E-state index contributed by atoms with van der Waals surface area (Å²) in [5, 5.41) is 0. The Bertz CT molecular complexity index is 93.7. The SMILES string of the molecule is O.O=CC1CCCCCCC1. The molecule has 1 aliphatic carbocycles. The maximum absolute atomic E-state index is 10.4. The molecule has 2 heteroatoms. The van der Waals surface area contributed by atoms with Gasteiger partial charge >= 0.3 is 0 Å². The highest BCUT2D eigenvalue weighted by molar-refractivity contribution is 5.53. The summed E-state index contributed by atoms with van der Waals surface area (Å²) >= 11 is 0. The van der Waals surface area contributed by atoms with E-state index in [1.54, 1.807) is 0 Å². The Morgan fingerprint density at radius 3 is 1.82 bits per heavy atom. The van der Waals surface area contributed by atoms with Gasteiger partial charge in [0.2, 0.25) is 0 Å². The van der Waals surface area contributed by atoms with Crippen LogP contribution in [0, 0.1) is 5.92 Å². The van der Waals surface area contributed by atoms with Crippen molar-refractivity contribution in [2.75, 3.05) is 0 Å². The molecule has 2 N–H and O–H groups in total. The molecule has 66 valence electrons. The van der Waals surface area contributed by atoms with Gasteiger partial charge in [-0.3, -0.25) is 0 Å². The van der Waals surface area contributed by atoms with E-state index in [4.69, 9.17) is 0 Å². The maximum atomic E-state index is 10.4. The molecule has 0 heterocycles. The third-order valence-electron chi connectivity index (χ3n) is 2.34. The molecule has 0 atom stereocenters. The second-order valence-corrected chi connectivity index (χ2v) is 3.24. The molecule has 0 aromatic carbocycles. The van der Waals surface area contributed by atoms with E-state index in [1.165, 1.54) is 32.1 Å². The Labute approximate surface area is 68.3 Å². The highest BCUT2D eigenvalue weighted by Gasteiger charge is 2.08. The van der Waals surface area contributed by atoms with Crippen molar-refractivity contribution < 1.29 is 10.3 Å². The Balaban J connectivity index is 0.000001000. The number of aldehydes is 1. The molecular formula is C9H18O2. The van der Waals surface area contributed by atoms with Crippen LogP contribution in [0.3, 0.4) is 0 Å². The highest BCUT2D eigenvalue weighted by atomic mass is 16.1. The smallest absolute Gasteiger partial charge is 0.123 e. The average Bonchev–Trinajstić information content (AvgIpc) is 1.87. The van der Waals surface area contributed by atoms with Gasteiger partial charge in [-0.25, -0.2) is 0 Å². The van der Waals surface area contributed by atoms with Gasteiger partial charge in [-0.05, 0) is 12.8 Å². The Hall–Kier alpha value is -0.370. The van der Waals surface area contributed by atoms with Crippen LogP contribution in [0.25, 0.3) is 0 Å². The van der Waals surface area contributed by atoms with Crippen LogP contribution < -0.4 is 0 Å². The standard InChI is InChI=1S/C9H16O.H2O/c10-8-9-6-4-2-1-3-5-7-9;/h8-9H,1-7H2;1H2. The van der Waals surface area contributed by atoms with Crippen molar-refractivity contribution >= 4 is 6.29 Å². The predicted molar refractivity (Wildman–Crippen MR) is 45.5 cm³/mol. The van der Waals surface area contributed by atoms with Crippen molar-refractivity contribution in [3.8, 4) is 0 Å². The van der Waals surface area contributed by atoms with Gasteiger partial charge in [0.15, 0.2) is 0 Å². The van der Waals surface area contributed by atoms with Crippen LogP contribution in [0.15, 0.2) is 0 Å². The van der Waals surface area contributed by atoms with E-state index in [0.29, 0.717) is 5.92 Å². The lowest BCUT2D eigenvalue weighted by molar-refractivity contribution is -0.111. The minimum absolute atomic E-state index is 0. The number of hydrogen-bond donors (Lipinski definition) is 0. The van der Waals surface area contributed by atoms with Gasteiger partial charge in [0, 0.05) is 5.92 Å². The van der Waals surface area contributed by atoms with Crippen LogP contribution in [0.4, 0.5) is 0 Å². The summed E-state index contributed by atoms with van der Waals surface area (Å²) in [5.41, 5.74) is 0.